The predicted octanol–water partition coefficient (Wildman–Crippen LogP) is 4.42. The third-order valence-corrected chi connectivity index (χ3v) is 6.17. The van der Waals surface area contributed by atoms with Gasteiger partial charge in [-0.3, -0.25) is 0 Å². The van der Waals surface area contributed by atoms with Crippen LogP contribution in [0.3, 0.4) is 0 Å². The first-order chi connectivity index (χ1) is 15.1. The molecule has 3 aromatic rings. The molecular formula is C24H29FN2O4. The van der Waals surface area contributed by atoms with Crippen molar-refractivity contribution in [1.29, 1.82) is 0 Å². The summed E-state index contributed by atoms with van der Waals surface area (Å²) in [6.45, 7) is 5.47. The number of likely N-dealkylation sites (tertiary alicyclic amines) is 1. The lowest BCUT2D eigenvalue weighted by atomic mass is 9.91. The van der Waals surface area contributed by atoms with Crippen LogP contribution in [0.1, 0.15) is 42.0 Å². The van der Waals surface area contributed by atoms with E-state index in [9.17, 15) is 9.50 Å². The van der Waals surface area contributed by atoms with Gasteiger partial charge in [-0.15, -0.1) is 0 Å². The van der Waals surface area contributed by atoms with Gasteiger partial charge in [-0.2, -0.15) is 0 Å². The number of fused-ring (bicyclic) bond motifs is 1. The fourth-order valence-electron chi connectivity index (χ4n) is 4.37. The zero-order chi connectivity index (χ0) is 21.8. The maximum Gasteiger partial charge on any atom is 0.170 e. The molecule has 1 N–H and O–H groups in total. The van der Waals surface area contributed by atoms with E-state index >= 15 is 0 Å². The molecule has 1 saturated heterocycles. The molecule has 1 aliphatic heterocycles. The average Bonchev–Trinajstić information content (AvgIpc) is 3.20. The summed E-state index contributed by atoms with van der Waals surface area (Å²) in [6.07, 6.45) is 2.94. The van der Waals surface area contributed by atoms with Crippen LogP contribution in [-0.2, 0) is 6.61 Å². The van der Waals surface area contributed by atoms with Crippen molar-refractivity contribution in [3.63, 3.8) is 0 Å². The largest absolute Gasteiger partial charge is 0.493 e. The molecule has 7 heteroatoms. The first-order valence-corrected chi connectivity index (χ1v) is 10.8. The Balaban J connectivity index is 1.25. The van der Waals surface area contributed by atoms with E-state index in [1.807, 2.05) is 19.1 Å². The van der Waals surface area contributed by atoms with Crippen LogP contribution >= 0.6 is 0 Å². The molecule has 1 aliphatic rings. The summed E-state index contributed by atoms with van der Waals surface area (Å²) in [5.41, 5.74) is 3.23. The van der Waals surface area contributed by atoms with Crippen LogP contribution in [0.25, 0.3) is 11.0 Å². The average molecular weight is 429 g/mol. The molecule has 1 aromatic heterocycles. The van der Waals surface area contributed by atoms with Crippen molar-refractivity contribution in [1.82, 2.24) is 10.1 Å². The van der Waals surface area contributed by atoms with Crippen molar-refractivity contribution in [2.75, 3.05) is 33.4 Å². The SMILES string of the molecule is COc1c(OCCCN2CCC(c3noc4cc(F)ccc34)CC2)ccc(CO)c1C. The van der Waals surface area contributed by atoms with Crippen molar-refractivity contribution >= 4 is 11.0 Å². The van der Waals surface area contributed by atoms with Crippen molar-refractivity contribution in [2.45, 2.75) is 38.7 Å². The second-order valence-electron chi connectivity index (χ2n) is 8.07. The smallest absolute Gasteiger partial charge is 0.170 e. The van der Waals surface area contributed by atoms with Crippen molar-refractivity contribution < 1.29 is 23.5 Å². The van der Waals surface area contributed by atoms with E-state index in [1.165, 1.54) is 12.1 Å². The Kier molecular flexibility index (Phi) is 6.73. The molecule has 0 bridgehead atoms. The van der Waals surface area contributed by atoms with Crippen molar-refractivity contribution in [3.8, 4) is 11.5 Å². The number of hydrogen-bond donors (Lipinski definition) is 1. The van der Waals surface area contributed by atoms with Crippen LogP contribution in [0.4, 0.5) is 4.39 Å². The number of methoxy groups -OCH3 is 1. The molecular weight excluding hydrogens is 399 g/mol. The standard InChI is InChI=1S/C24H29FN2O4/c1-16-18(15-28)4-7-21(24(16)29-2)30-13-3-10-27-11-8-17(9-12-27)23-20-6-5-19(25)14-22(20)31-26-23/h4-7,14,17,28H,3,8-13,15H2,1-2H3. The summed E-state index contributed by atoms with van der Waals surface area (Å²) < 4.78 is 30.1. The van der Waals surface area contributed by atoms with E-state index in [0.717, 1.165) is 61.1 Å². The molecule has 0 unspecified atom stereocenters. The lowest BCUT2D eigenvalue weighted by molar-refractivity contribution is 0.189. The van der Waals surface area contributed by atoms with E-state index < -0.39 is 0 Å². The van der Waals surface area contributed by atoms with Crippen LogP contribution in [0.2, 0.25) is 0 Å². The maximum atomic E-state index is 13.4. The third kappa shape index (κ3) is 4.67. The van der Waals surface area contributed by atoms with Gasteiger partial charge in [-0.1, -0.05) is 11.2 Å². The third-order valence-electron chi connectivity index (χ3n) is 6.17. The molecule has 0 spiro atoms. The Labute approximate surface area is 181 Å². The zero-order valence-electron chi connectivity index (χ0n) is 18.1. The zero-order valence-corrected chi connectivity index (χ0v) is 18.1. The monoisotopic (exact) mass is 428 g/mol. The molecule has 0 amide bonds. The second-order valence-corrected chi connectivity index (χ2v) is 8.07. The van der Waals surface area contributed by atoms with Gasteiger partial charge in [-0.25, -0.2) is 4.39 Å². The maximum absolute atomic E-state index is 13.4. The molecule has 4 rings (SSSR count). The quantitative estimate of drug-likeness (QED) is 0.536. The first-order valence-electron chi connectivity index (χ1n) is 10.8. The minimum Gasteiger partial charge on any atom is -0.493 e. The number of aliphatic hydroxyl groups is 1. The molecule has 166 valence electrons. The van der Waals surface area contributed by atoms with Gasteiger partial charge in [0.05, 0.1) is 26.0 Å². The molecule has 1 fully saturated rings. The van der Waals surface area contributed by atoms with E-state index in [2.05, 4.69) is 10.1 Å². The van der Waals surface area contributed by atoms with Crippen LogP contribution in [0.5, 0.6) is 11.5 Å². The molecule has 0 atom stereocenters. The molecule has 0 aliphatic carbocycles. The summed E-state index contributed by atoms with van der Waals surface area (Å²) in [5, 5.41) is 14.5. The lowest BCUT2D eigenvalue weighted by Crippen LogP contribution is -2.34. The molecule has 31 heavy (non-hydrogen) atoms. The summed E-state index contributed by atoms with van der Waals surface area (Å²) in [5.74, 6) is 1.44. The Morgan fingerprint density at radius 3 is 2.77 bits per heavy atom. The highest BCUT2D eigenvalue weighted by molar-refractivity contribution is 5.79. The minimum atomic E-state index is -0.302. The van der Waals surface area contributed by atoms with Crippen LogP contribution in [-0.4, -0.2) is 48.5 Å². The predicted molar refractivity (Wildman–Crippen MR) is 116 cm³/mol. The highest BCUT2D eigenvalue weighted by Crippen LogP contribution is 2.34. The fourth-order valence-corrected chi connectivity index (χ4v) is 4.37. The number of aromatic nitrogens is 1. The van der Waals surface area contributed by atoms with Crippen LogP contribution < -0.4 is 9.47 Å². The van der Waals surface area contributed by atoms with E-state index in [1.54, 1.807) is 13.2 Å². The number of halogens is 1. The van der Waals surface area contributed by atoms with Gasteiger partial charge in [0.15, 0.2) is 17.1 Å². The first kappa shape index (κ1) is 21.6. The number of piperidine rings is 1. The normalized spacial score (nSPS) is 15.5. The molecule has 0 saturated carbocycles. The van der Waals surface area contributed by atoms with Gasteiger partial charge in [0.1, 0.15) is 5.82 Å². The van der Waals surface area contributed by atoms with Gasteiger partial charge >= 0.3 is 0 Å². The number of nitrogens with zero attached hydrogens (tertiary/aromatic N) is 2. The number of aliphatic hydroxyl groups excluding tert-OH is 1. The Morgan fingerprint density at radius 1 is 1.23 bits per heavy atom. The Bertz CT molecular complexity index is 1030. The highest BCUT2D eigenvalue weighted by Gasteiger charge is 2.25. The number of hydrogen-bond acceptors (Lipinski definition) is 6. The molecule has 0 radical (unpaired) electrons. The number of rotatable bonds is 8. The minimum absolute atomic E-state index is 0.0144. The van der Waals surface area contributed by atoms with Gasteiger partial charge in [-0.05, 0) is 63.0 Å². The van der Waals surface area contributed by atoms with Crippen LogP contribution in [0, 0.1) is 12.7 Å². The number of benzene rings is 2. The van der Waals surface area contributed by atoms with Gasteiger partial charge in [0.25, 0.3) is 0 Å². The fraction of sp³-hybridized carbons (Fsp3) is 0.458. The van der Waals surface area contributed by atoms with E-state index in [4.69, 9.17) is 14.0 Å². The summed E-state index contributed by atoms with van der Waals surface area (Å²) in [6, 6.07) is 8.36. The highest BCUT2D eigenvalue weighted by atomic mass is 19.1. The van der Waals surface area contributed by atoms with Crippen molar-refractivity contribution in [2.24, 2.45) is 0 Å². The summed E-state index contributed by atoms with van der Waals surface area (Å²) in [7, 11) is 1.62. The lowest BCUT2D eigenvalue weighted by Gasteiger charge is -2.31. The Hall–Kier alpha value is -2.64. The second kappa shape index (κ2) is 9.66. The van der Waals surface area contributed by atoms with Crippen LogP contribution in [0.15, 0.2) is 34.9 Å². The molecule has 6 nitrogen and oxygen atoms in total. The van der Waals surface area contributed by atoms with Gasteiger partial charge in [0.2, 0.25) is 0 Å². The summed E-state index contributed by atoms with van der Waals surface area (Å²) >= 11 is 0. The Morgan fingerprint density at radius 2 is 2.03 bits per heavy atom. The summed E-state index contributed by atoms with van der Waals surface area (Å²) in [4.78, 5) is 2.44. The van der Waals surface area contributed by atoms with E-state index in [-0.39, 0.29) is 12.4 Å². The van der Waals surface area contributed by atoms with E-state index in [0.29, 0.717) is 29.6 Å². The topological polar surface area (TPSA) is 68.0 Å². The van der Waals surface area contributed by atoms with Gasteiger partial charge < -0.3 is 24.0 Å². The number of ether oxygens (including phenoxy) is 2. The van der Waals surface area contributed by atoms with Gasteiger partial charge in [0, 0.05) is 29.5 Å². The van der Waals surface area contributed by atoms with Crippen molar-refractivity contribution in [3.05, 3.63) is 53.0 Å². The molecule has 2 aromatic carbocycles. The molecule has 2 heterocycles.